The van der Waals surface area contributed by atoms with Gasteiger partial charge in [-0.2, -0.15) is 0 Å². The number of hydrogen-bond acceptors (Lipinski definition) is 3. The van der Waals surface area contributed by atoms with Gasteiger partial charge in [0.15, 0.2) is 0 Å². The lowest BCUT2D eigenvalue weighted by Crippen LogP contribution is -2.39. The van der Waals surface area contributed by atoms with E-state index in [-0.39, 0.29) is 0 Å². The maximum atomic E-state index is 11.9. The van der Waals surface area contributed by atoms with Crippen LogP contribution in [0.4, 0.5) is 0 Å². The average molecular weight is 320 g/mol. The largest absolute Gasteiger partial charge is 0.481 e. The van der Waals surface area contributed by atoms with Crippen molar-refractivity contribution in [3.63, 3.8) is 0 Å². The van der Waals surface area contributed by atoms with Crippen molar-refractivity contribution in [1.82, 2.24) is 14.5 Å². The predicted octanol–water partition coefficient (Wildman–Crippen LogP) is 2.30. The van der Waals surface area contributed by atoms with Crippen LogP contribution >= 0.6 is 11.6 Å². The molecule has 2 aromatic rings. The van der Waals surface area contributed by atoms with Crippen LogP contribution in [0.5, 0.6) is 0 Å². The second-order valence-electron chi connectivity index (χ2n) is 5.77. The Morgan fingerprint density at radius 1 is 1.41 bits per heavy atom. The Morgan fingerprint density at radius 2 is 2.14 bits per heavy atom. The number of carboxylic acid groups (broad SMARTS) is 1. The van der Waals surface area contributed by atoms with Gasteiger partial charge in [0.05, 0.1) is 12.7 Å². The summed E-state index contributed by atoms with van der Waals surface area (Å²) in [6.45, 7) is 1.81. The highest BCUT2D eigenvalue weighted by Gasteiger charge is 2.46. The molecule has 116 valence electrons. The Kier molecular flexibility index (Phi) is 3.93. The van der Waals surface area contributed by atoms with E-state index >= 15 is 0 Å². The monoisotopic (exact) mass is 319 g/mol. The van der Waals surface area contributed by atoms with Gasteiger partial charge in [0.2, 0.25) is 0 Å². The predicted molar refractivity (Wildman–Crippen MR) is 83.9 cm³/mol. The van der Waals surface area contributed by atoms with Gasteiger partial charge in [-0.3, -0.25) is 9.69 Å². The summed E-state index contributed by atoms with van der Waals surface area (Å²) in [5.74, 6) is 0.0818. The van der Waals surface area contributed by atoms with Crippen molar-refractivity contribution in [2.24, 2.45) is 7.05 Å². The first kappa shape index (κ1) is 15.1. The van der Waals surface area contributed by atoms with Crippen molar-refractivity contribution in [3.05, 3.63) is 53.1 Å². The minimum absolute atomic E-state index is 0.483. The number of carboxylic acids is 1. The van der Waals surface area contributed by atoms with Gasteiger partial charge in [0.25, 0.3) is 0 Å². The van der Waals surface area contributed by atoms with Crippen molar-refractivity contribution in [1.29, 1.82) is 0 Å². The maximum Gasteiger partial charge on any atom is 0.315 e. The number of imidazole rings is 1. The minimum Gasteiger partial charge on any atom is -0.481 e. The zero-order chi connectivity index (χ0) is 15.7. The molecule has 1 aliphatic rings. The summed E-state index contributed by atoms with van der Waals surface area (Å²) in [6.07, 6.45) is 2.22. The van der Waals surface area contributed by atoms with E-state index in [2.05, 4.69) is 9.88 Å². The van der Waals surface area contributed by atoms with E-state index in [9.17, 15) is 9.90 Å². The third kappa shape index (κ3) is 2.51. The Morgan fingerprint density at radius 3 is 2.73 bits per heavy atom. The number of likely N-dealkylation sites (tertiary alicyclic amines) is 1. The third-order valence-corrected chi connectivity index (χ3v) is 4.83. The van der Waals surface area contributed by atoms with Gasteiger partial charge in [-0.25, -0.2) is 4.98 Å². The van der Waals surface area contributed by atoms with Crippen molar-refractivity contribution >= 4 is 17.6 Å². The highest BCUT2D eigenvalue weighted by atomic mass is 35.5. The molecule has 0 spiro atoms. The fraction of sp³-hybridized carbons (Fsp3) is 0.375. The van der Waals surface area contributed by atoms with Crippen LogP contribution in [0.25, 0.3) is 0 Å². The molecule has 1 fully saturated rings. The number of benzene rings is 1. The fourth-order valence-electron chi connectivity index (χ4n) is 3.09. The molecular weight excluding hydrogens is 302 g/mol. The highest BCUT2D eigenvalue weighted by Crippen LogP contribution is 2.35. The number of carbonyl (C=O) groups is 1. The molecule has 1 N–H and O–H groups in total. The van der Waals surface area contributed by atoms with Gasteiger partial charge < -0.3 is 9.67 Å². The summed E-state index contributed by atoms with van der Waals surface area (Å²) >= 11 is 6.01. The van der Waals surface area contributed by atoms with E-state index in [0.29, 0.717) is 24.7 Å². The summed E-state index contributed by atoms with van der Waals surface area (Å²) < 4.78 is 1.82. The van der Waals surface area contributed by atoms with Crippen LogP contribution in [-0.2, 0) is 23.8 Å². The topological polar surface area (TPSA) is 58.4 Å². The van der Waals surface area contributed by atoms with Crippen molar-refractivity contribution in [3.8, 4) is 0 Å². The molecule has 1 saturated heterocycles. The smallest absolute Gasteiger partial charge is 0.315 e. The first-order valence-corrected chi connectivity index (χ1v) is 7.58. The Balaban J connectivity index is 1.82. The molecule has 0 aliphatic carbocycles. The molecule has 1 unspecified atom stereocenters. The lowest BCUT2D eigenvalue weighted by molar-refractivity contribution is -0.143. The molecular formula is C16H18ClN3O2. The van der Waals surface area contributed by atoms with Gasteiger partial charge in [0.1, 0.15) is 16.4 Å². The number of aliphatic carboxylic acids is 1. The molecule has 3 rings (SSSR count). The van der Waals surface area contributed by atoms with Crippen LogP contribution in [0.1, 0.15) is 17.8 Å². The second kappa shape index (κ2) is 5.74. The van der Waals surface area contributed by atoms with E-state index in [1.165, 1.54) is 0 Å². The average Bonchev–Trinajstić information content (AvgIpc) is 3.08. The van der Waals surface area contributed by atoms with Gasteiger partial charge in [-0.05, 0) is 12.0 Å². The fourth-order valence-corrected chi connectivity index (χ4v) is 3.23. The van der Waals surface area contributed by atoms with Gasteiger partial charge in [-0.15, -0.1) is 0 Å². The van der Waals surface area contributed by atoms with Crippen LogP contribution in [0.2, 0.25) is 5.15 Å². The molecule has 1 aromatic carbocycles. The molecule has 0 saturated carbocycles. The summed E-state index contributed by atoms with van der Waals surface area (Å²) in [5.41, 5.74) is 0.0267. The molecule has 0 bridgehead atoms. The van der Waals surface area contributed by atoms with Gasteiger partial charge in [0, 0.05) is 20.1 Å². The van der Waals surface area contributed by atoms with Crippen LogP contribution in [0.15, 0.2) is 36.5 Å². The summed E-state index contributed by atoms with van der Waals surface area (Å²) in [4.78, 5) is 18.3. The van der Waals surface area contributed by atoms with Crippen molar-refractivity contribution in [2.45, 2.75) is 18.4 Å². The van der Waals surface area contributed by atoms with E-state index < -0.39 is 11.4 Å². The van der Waals surface area contributed by atoms with Gasteiger partial charge >= 0.3 is 5.97 Å². The van der Waals surface area contributed by atoms with E-state index in [1.807, 2.05) is 41.9 Å². The summed E-state index contributed by atoms with van der Waals surface area (Å²) in [7, 11) is 1.86. The number of aromatic nitrogens is 2. The highest BCUT2D eigenvalue weighted by molar-refractivity contribution is 6.29. The molecule has 5 nitrogen and oxygen atoms in total. The molecule has 1 aromatic heterocycles. The number of halogens is 1. The molecule has 22 heavy (non-hydrogen) atoms. The zero-order valence-corrected chi connectivity index (χ0v) is 13.1. The Bertz CT molecular complexity index is 686. The van der Waals surface area contributed by atoms with Gasteiger partial charge in [-0.1, -0.05) is 41.9 Å². The van der Waals surface area contributed by atoms with Crippen LogP contribution in [-0.4, -0.2) is 38.6 Å². The molecule has 1 aliphatic heterocycles. The Hall–Kier alpha value is -1.85. The first-order chi connectivity index (χ1) is 10.5. The van der Waals surface area contributed by atoms with Crippen molar-refractivity contribution < 1.29 is 9.90 Å². The van der Waals surface area contributed by atoms with Crippen molar-refractivity contribution in [2.75, 3.05) is 13.1 Å². The number of rotatable bonds is 4. The van der Waals surface area contributed by atoms with Crippen LogP contribution < -0.4 is 0 Å². The number of hydrogen-bond donors (Lipinski definition) is 1. The van der Waals surface area contributed by atoms with Crippen LogP contribution in [0, 0.1) is 0 Å². The normalized spacial score (nSPS) is 22.1. The Labute approximate surface area is 134 Å². The SMILES string of the molecule is Cn1c(Cl)cnc1CN1CCC(C(=O)O)(c2ccccc2)C1. The van der Waals surface area contributed by atoms with Crippen LogP contribution in [0.3, 0.4) is 0 Å². The molecule has 0 amide bonds. The molecule has 0 radical (unpaired) electrons. The minimum atomic E-state index is -0.837. The quantitative estimate of drug-likeness (QED) is 0.939. The molecule has 2 heterocycles. The first-order valence-electron chi connectivity index (χ1n) is 7.20. The lowest BCUT2D eigenvalue weighted by atomic mass is 9.80. The lowest BCUT2D eigenvalue weighted by Gasteiger charge is -2.25. The van der Waals surface area contributed by atoms with E-state index in [4.69, 9.17) is 11.6 Å². The zero-order valence-electron chi connectivity index (χ0n) is 12.4. The second-order valence-corrected chi connectivity index (χ2v) is 6.16. The summed E-state index contributed by atoms with van der Waals surface area (Å²) in [5, 5.41) is 10.4. The van der Waals surface area contributed by atoms with E-state index in [0.717, 1.165) is 17.9 Å². The summed E-state index contributed by atoms with van der Waals surface area (Å²) in [6, 6.07) is 9.48. The molecule has 6 heteroatoms. The molecule has 1 atom stereocenters. The van der Waals surface area contributed by atoms with E-state index in [1.54, 1.807) is 6.20 Å². The third-order valence-electron chi connectivity index (χ3n) is 4.48. The number of nitrogens with zero attached hydrogens (tertiary/aromatic N) is 3. The maximum absolute atomic E-state index is 11.9. The standard InChI is InChI=1S/C16H18ClN3O2/c1-19-13(17)9-18-14(19)10-20-8-7-16(11-20,15(21)22)12-5-3-2-4-6-12/h2-6,9H,7-8,10-11H2,1H3,(H,21,22).